The zero-order chi connectivity index (χ0) is 12.3. The number of hydrogen-bond acceptors (Lipinski definition) is 3. The number of carbonyl (C=O) groups is 1. The lowest BCUT2D eigenvalue weighted by Crippen LogP contribution is -2.34. The molecule has 0 saturated heterocycles. The molecule has 0 bridgehead atoms. The molecule has 0 aliphatic heterocycles. The first-order chi connectivity index (χ1) is 8.20. The van der Waals surface area contributed by atoms with Gasteiger partial charge in [0.2, 0.25) is 5.91 Å². The van der Waals surface area contributed by atoms with E-state index >= 15 is 0 Å². The van der Waals surface area contributed by atoms with Crippen molar-refractivity contribution in [3.63, 3.8) is 0 Å². The van der Waals surface area contributed by atoms with Gasteiger partial charge < -0.3 is 15.5 Å². The van der Waals surface area contributed by atoms with Gasteiger partial charge in [0.25, 0.3) is 0 Å². The fraction of sp³-hybridized carbons (Fsp3) is 0.615. The van der Waals surface area contributed by atoms with Gasteiger partial charge >= 0.3 is 0 Å². The average Bonchev–Trinajstić information content (AvgIpc) is 2.78. The summed E-state index contributed by atoms with van der Waals surface area (Å²) in [5, 5.41) is 3.05. The molecule has 1 aromatic rings. The van der Waals surface area contributed by atoms with E-state index in [2.05, 4.69) is 5.32 Å². The van der Waals surface area contributed by atoms with Gasteiger partial charge in [-0.25, -0.2) is 0 Å². The summed E-state index contributed by atoms with van der Waals surface area (Å²) in [6, 6.07) is 2.02. The summed E-state index contributed by atoms with van der Waals surface area (Å²) in [6.07, 6.45) is 5.95. The maximum atomic E-state index is 11.8. The third-order valence-corrected chi connectivity index (χ3v) is 3.36. The molecule has 1 aliphatic carbocycles. The topological polar surface area (TPSA) is 68.3 Å². The Morgan fingerprint density at radius 1 is 1.71 bits per heavy atom. The van der Waals surface area contributed by atoms with Crippen LogP contribution in [0.1, 0.15) is 50.0 Å². The predicted molar refractivity (Wildman–Crippen MR) is 65.4 cm³/mol. The number of amides is 1. The van der Waals surface area contributed by atoms with Crippen LogP contribution < -0.4 is 11.1 Å². The lowest BCUT2D eigenvalue weighted by atomic mass is 9.93. The molecule has 0 saturated carbocycles. The van der Waals surface area contributed by atoms with Crippen LogP contribution in [-0.4, -0.2) is 11.9 Å². The van der Waals surface area contributed by atoms with Crippen molar-refractivity contribution in [1.29, 1.82) is 0 Å². The molecule has 2 rings (SSSR count). The third kappa shape index (κ3) is 2.88. The van der Waals surface area contributed by atoms with Crippen LogP contribution in [0.5, 0.6) is 0 Å². The summed E-state index contributed by atoms with van der Waals surface area (Å²) in [4.78, 5) is 11.8. The zero-order valence-electron chi connectivity index (χ0n) is 10.2. The number of nitrogens with two attached hydrogens (primary N) is 1. The highest BCUT2D eigenvalue weighted by molar-refractivity contribution is 5.77. The van der Waals surface area contributed by atoms with Gasteiger partial charge in [-0.3, -0.25) is 4.79 Å². The Morgan fingerprint density at radius 2 is 2.53 bits per heavy atom. The van der Waals surface area contributed by atoms with E-state index in [4.69, 9.17) is 10.2 Å². The first kappa shape index (κ1) is 12.2. The van der Waals surface area contributed by atoms with Gasteiger partial charge in [0.1, 0.15) is 5.76 Å². The monoisotopic (exact) mass is 236 g/mol. The Morgan fingerprint density at radius 3 is 3.29 bits per heavy atom. The lowest BCUT2D eigenvalue weighted by Gasteiger charge is -2.23. The Bertz CT molecular complexity index is 387. The maximum absolute atomic E-state index is 11.8. The van der Waals surface area contributed by atoms with Crippen LogP contribution in [0, 0.1) is 0 Å². The average molecular weight is 236 g/mol. The molecule has 94 valence electrons. The summed E-state index contributed by atoms with van der Waals surface area (Å²) in [5.74, 6) is 1.06. The van der Waals surface area contributed by atoms with Gasteiger partial charge in [-0.1, -0.05) is 6.92 Å². The molecule has 17 heavy (non-hydrogen) atoms. The van der Waals surface area contributed by atoms with Gasteiger partial charge in [0.15, 0.2) is 0 Å². The number of fused-ring (bicyclic) bond motifs is 1. The number of furan rings is 1. The van der Waals surface area contributed by atoms with Gasteiger partial charge in [-0.05, 0) is 25.3 Å². The number of hydrogen-bond donors (Lipinski definition) is 2. The largest absolute Gasteiger partial charge is 0.469 e. The minimum absolute atomic E-state index is 0.0394. The molecular formula is C13H20N2O2. The molecule has 0 aromatic carbocycles. The highest BCUT2D eigenvalue weighted by Crippen LogP contribution is 2.30. The van der Waals surface area contributed by atoms with Crippen LogP contribution in [0.2, 0.25) is 0 Å². The Labute approximate surface area is 102 Å². The quantitative estimate of drug-likeness (QED) is 0.839. The van der Waals surface area contributed by atoms with E-state index in [1.807, 2.05) is 13.0 Å². The van der Waals surface area contributed by atoms with Gasteiger partial charge in [-0.2, -0.15) is 0 Å². The summed E-state index contributed by atoms with van der Waals surface area (Å²) in [6.45, 7) is 1.99. The van der Waals surface area contributed by atoms with Crippen molar-refractivity contribution in [1.82, 2.24) is 5.32 Å². The molecule has 2 unspecified atom stereocenters. The molecular weight excluding hydrogens is 216 g/mol. The molecule has 4 nitrogen and oxygen atoms in total. The second-order valence-electron chi connectivity index (χ2n) is 4.68. The van der Waals surface area contributed by atoms with Crippen LogP contribution in [0.25, 0.3) is 0 Å². The smallest absolute Gasteiger partial charge is 0.222 e. The number of aryl methyl sites for hydroxylation is 1. The predicted octanol–water partition coefficient (Wildman–Crippen LogP) is 1.90. The molecule has 1 amide bonds. The molecule has 1 aliphatic rings. The normalized spacial score (nSPS) is 20.7. The molecule has 1 aromatic heterocycles. The molecule has 1 heterocycles. The fourth-order valence-corrected chi connectivity index (χ4v) is 2.27. The highest BCUT2D eigenvalue weighted by Gasteiger charge is 2.24. The second kappa shape index (κ2) is 5.36. The second-order valence-corrected chi connectivity index (χ2v) is 4.68. The van der Waals surface area contributed by atoms with Crippen LogP contribution in [-0.2, 0) is 11.2 Å². The SMILES string of the molecule is CCC(N)CC(=O)NC1CCCc2occc21. The van der Waals surface area contributed by atoms with Gasteiger partial charge in [0.05, 0.1) is 12.3 Å². The number of carbonyl (C=O) groups excluding carboxylic acids is 1. The van der Waals surface area contributed by atoms with E-state index in [-0.39, 0.29) is 18.0 Å². The third-order valence-electron chi connectivity index (χ3n) is 3.36. The van der Waals surface area contributed by atoms with Crippen molar-refractivity contribution < 1.29 is 9.21 Å². The van der Waals surface area contributed by atoms with E-state index in [0.29, 0.717) is 6.42 Å². The molecule has 0 radical (unpaired) electrons. The minimum Gasteiger partial charge on any atom is -0.469 e. The van der Waals surface area contributed by atoms with Crippen molar-refractivity contribution in [2.24, 2.45) is 5.73 Å². The molecule has 4 heteroatoms. The maximum Gasteiger partial charge on any atom is 0.222 e. The minimum atomic E-state index is -0.0394. The molecule has 0 spiro atoms. The Kier molecular flexibility index (Phi) is 3.84. The molecule has 2 atom stereocenters. The number of rotatable bonds is 4. The summed E-state index contributed by atoms with van der Waals surface area (Å²) >= 11 is 0. The van der Waals surface area contributed by atoms with Crippen molar-refractivity contribution in [3.05, 3.63) is 23.7 Å². The van der Waals surface area contributed by atoms with E-state index in [0.717, 1.165) is 37.0 Å². The highest BCUT2D eigenvalue weighted by atomic mass is 16.3. The molecule has 3 N–H and O–H groups in total. The summed E-state index contributed by atoms with van der Waals surface area (Å²) < 4.78 is 5.39. The van der Waals surface area contributed by atoms with E-state index < -0.39 is 0 Å². The zero-order valence-corrected chi connectivity index (χ0v) is 10.2. The van der Waals surface area contributed by atoms with Crippen molar-refractivity contribution >= 4 is 5.91 Å². The van der Waals surface area contributed by atoms with Crippen LogP contribution in [0.3, 0.4) is 0 Å². The van der Waals surface area contributed by atoms with Gasteiger partial charge in [0, 0.05) is 24.4 Å². The van der Waals surface area contributed by atoms with Crippen LogP contribution >= 0.6 is 0 Å². The van der Waals surface area contributed by atoms with Crippen molar-refractivity contribution in [2.45, 2.75) is 51.1 Å². The first-order valence-corrected chi connectivity index (χ1v) is 6.32. The van der Waals surface area contributed by atoms with E-state index in [1.54, 1.807) is 6.26 Å². The summed E-state index contributed by atoms with van der Waals surface area (Å²) in [5.41, 5.74) is 6.91. The standard InChI is InChI=1S/C13H20N2O2/c1-2-9(14)8-13(16)15-11-4-3-5-12-10(11)6-7-17-12/h6-7,9,11H,2-5,8,14H2,1H3,(H,15,16). The van der Waals surface area contributed by atoms with Crippen LogP contribution in [0.4, 0.5) is 0 Å². The summed E-state index contributed by atoms with van der Waals surface area (Å²) in [7, 11) is 0. The fourth-order valence-electron chi connectivity index (χ4n) is 2.27. The Hall–Kier alpha value is -1.29. The van der Waals surface area contributed by atoms with E-state index in [1.165, 1.54) is 0 Å². The van der Waals surface area contributed by atoms with Crippen molar-refractivity contribution in [2.75, 3.05) is 0 Å². The molecule has 0 fully saturated rings. The van der Waals surface area contributed by atoms with E-state index in [9.17, 15) is 4.79 Å². The lowest BCUT2D eigenvalue weighted by molar-refractivity contribution is -0.122. The first-order valence-electron chi connectivity index (χ1n) is 6.32. The van der Waals surface area contributed by atoms with Crippen molar-refractivity contribution in [3.8, 4) is 0 Å². The Balaban J connectivity index is 1.95. The van der Waals surface area contributed by atoms with Gasteiger partial charge in [-0.15, -0.1) is 0 Å². The van der Waals surface area contributed by atoms with Crippen LogP contribution in [0.15, 0.2) is 16.7 Å². The number of nitrogens with one attached hydrogen (secondary N) is 1.